The maximum atomic E-state index is 13.6. The van der Waals surface area contributed by atoms with Crippen molar-refractivity contribution in [2.75, 3.05) is 13.2 Å². The maximum Gasteiger partial charge on any atom is 0.254 e. The molecule has 0 aliphatic carbocycles. The normalized spacial score (nSPS) is 32.1. The lowest BCUT2D eigenvalue weighted by Gasteiger charge is -2.17. The summed E-state index contributed by atoms with van der Waals surface area (Å²) in [6.07, 6.45) is -1.54. The molecule has 1 aromatic rings. The Balaban J connectivity index is 1.72. The summed E-state index contributed by atoms with van der Waals surface area (Å²) in [5.41, 5.74) is -0.125. The van der Waals surface area contributed by atoms with Crippen molar-refractivity contribution in [2.45, 2.75) is 24.4 Å². The number of carbonyl (C=O) groups is 1. The van der Waals surface area contributed by atoms with E-state index in [1.165, 1.54) is 12.1 Å². The van der Waals surface area contributed by atoms with E-state index in [0.717, 1.165) is 6.07 Å². The first kappa shape index (κ1) is 13.8. The van der Waals surface area contributed by atoms with Gasteiger partial charge < -0.3 is 19.9 Å². The zero-order chi connectivity index (χ0) is 14.3. The largest absolute Gasteiger partial charge is 0.388 e. The Hall–Kier alpha value is -1.21. The number of hydrogen-bond acceptors (Lipinski definition) is 4. The van der Waals surface area contributed by atoms with Crippen LogP contribution in [0.4, 0.5) is 4.39 Å². The molecule has 0 spiro atoms. The summed E-state index contributed by atoms with van der Waals surface area (Å²) in [5, 5.41) is 12.5. The molecule has 3 rings (SSSR count). The first-order valence-corrected chi connectivity index (χ1v) is 6.61. The van der Waals surface area contributed by atoms with Crippen molar-refractivity contribution in [1.82, 2.24) is 5.32 Å². The van der Waals surface area contributed by atoms with E-state index >= 15 is 0 Å². The van der Waals surface area contributed by atoms with Crippen molar-refractivity contribution in [3.8, 4) is 0 Å². The molecule has 2 N–H and O–H groups in total. The molecule has 20 heavy (non-hydrogen) atoms. The number of rotatable bonds is 2. The van der Waals surface area contributed by atoms with E-state index in [1.807, 2.05) is 0 Å². The lowest BCUT2D eigenvalue weighted by molar-refractivity contribution is 0.0178. The van der Waals surface area contributed by atoms with Crippen LogP contribution < -0.4 is 5.32 Å². The number of benzene rings is 1. The van der Waals surface area contributed by atoms with Crippen molar-refractivity contribution in [1.29, 1.82) is 0 Å². The van der Waals surface area contributed by atoms with Gasteiger partial charge in [-0.1, -0.05) is 11.6 Å². The van der Waals surface area contributed by atoms with Crippen LogP contribution in [0.1, 0.15) is 10.4 Å². The average molecular weight is 302 g/mol. The Bertz CT molecular complexity index is 541. The van der Waals surface area contributed by atoms with Gasteiger partial charge in [0.1, 0.15) is 24.1 Å². The van der Waals surface area contributed by atoms with Crippen molar-refractivity contribution in [3.63, 3.8) is 0 Å². The molecule has 7 heteroatoms. The predicted octanol–water partition coefficient (Wildman–Crippen LogP) is 0.736. The second kappa shape index (κ2) is 5.29. The third kappa shape index (κ3) is 2.40. The maximum absolute atomic E-state index is 13.6. The van der Waals surface area contributed by atoms with E-state index in [1.54, 1.807) is 0 Å². The molecule has 0 unspecified atom stereocenters. The standard InChI is InChI=1S/C13H13ClFNO4/c14-6-1-2-8(15)7(3-6)13(18)16-9-4-19-12-10(17)5-20-11(9)12/h1-3,9-12,17H,4-5H2,(H,16,18)/t9-,10-,11+,12+/m0/s1. The van der Waals surface area contributed by atoms with Gasteiger partial charge in [0.05, 0.1) is 24.8 Å². The molecule has 2 aliphatic heterocycles. The number of aliphatic hydroxyl groups excluding tert-OH is 1. The lowest BCUT2D eigenvalue weighted by Crippen LogP contribution is -2.44. The highest BCUT2D eigenvalue weighted by Gasteiger charge is 2.47. The van der Waals surface area contributed by atoms with Gasteiger partial charge in [0.25, 0.3) is 5.91 Å². The van der Waals surface area contributed by atoms with Gasteiger partial charge in [-0.15, -0.1) is 0 Å². The van der Waals surface area contributed by atoms with Gasteiger partial charge in [-0.2, -0.15) is 0 Å². The number of ether oxygens (including phenoxy) is 2. The summed E-state index contributed by atoms with van der Waals surface area (Å²) in [7, 11) is 0. The van der Waals surface area contributed by atoms with Gasteiger partial charge >= 0.3 is 0 Å². The fraction of sp³-hybridized carbons (Fsp3) is 0.462. The summed E-state index contributed by atoms with van der Waals surface area (Å²) in [6, 6.07) is 3.37. The van der Waals surface area contributed by atoms with Gasteiger partial charge in [0, 0.05) is 5.02 Å². The molecule has 1 aromatic carbocycles. The van der Waals surface area contributed by atoms with Crippen molar-refractivity contribution >= 4 is 17.5 Å². The zero-order valence-electron chi connectivity index (χ0n) is 10.4. The number of fused-ring (bicyclic) bond motifs is 1. The van der Waals surface area contributed by atoms with Gasteiger partial charge in [-0.3, -0.25) is 4.79 Å². The van der Waals surface area contributed by atoms with E-state index in [4.69, 9.17) is 21.1 Å². The van der Waals surface area contributed by atoms with Gasteiger partial charge in [0.15, 0.2) is 0 Å². The Morgan fingerprint density at radius 3 is 2.90 bits per heavy atom. The first-order valence-electron chi connectivity index (χ1n) is 6.23. The van der Waals surface area contributed by atoms with Crippen LogP contribution >= 0.6 is 11.6 Å². The monoisotopic (exact) mass is 301 g/mol. The number of hydrogen-bond donors (Lipinski definition) is 2. The lowest BCUT2D eigenvalue weighted by atomic mass is 10.1. The molecule has 2 fully saturated rings. The Kier molecular flexibility index (Phi) is 3.64. The molecule has 1 amide bonds. The first-order chi connectivity index (χ1) is 9.56. The Morgan fingerprint density at radius 2 is 2.10 bits per heavy atom. The summed E-state index contributed by atoms with van der Waals surface area (Å²) >= 11 is 5.76. The molecule has 5 nitrogen and oxygen atoms in total. The zero-order valence-corrected chi connectivity index (χ0v) is 11.1. The van der Waals surface area contributed by atoms with E-state index in [9.17, 15) is 14.3 Å². The summed E-state index contributed by atoms with van der Waals surface area (Å²) in [6.45, 7) is 0.396. The predicted molar refractivity (Wildman–Crippen MR) is 68.2 cm³/mol. The minimum Gasteiger partial charge on any atom is -0.388 e. The van der Waals surface area contributed by atoms with Crippen LogP contribution in [0.25, 0.3) is 0 Å². The van der Waals surface area contributed by atoms with Crippen LogP contribution in [0.2, 0.25) is 5.02 Å². The Labute approximate surface area is 119 Å². The van der Waals surface area contributed by atoms with Crippen LogP contribution in [-0.4, -0.2) is 48.6 Å². The molecule has 2 heterocycles. The third-order valence-corrected chi connectivity index (χ3v) is 3.75. The molecule has 0 aromatic heterocycles. The minimum absolute atomic E-state index is 0.125. The van der Waals surface area contributed by atoms with Gasteiger partial charge in [-0.05, 0) is 18.2 Å². The molecule has 4 atom stereocenters. The fourth-order valence-electron chi connectivity index (χ4n) is 2.52. The van der Waals surface area contributed by atoms with Gasteiger partial charge in [-0.25, -0.2) is 4.39 Å². The number of amides is 1. The molecule has 0 bridgehead atoms. The summed E-state index contributed by atoms with van der Waals surface area (Å²) in [4.78, 5) is 12.1. The molecule has 0 saturated carbocycles. The van der Waals surface area contributed by atoms with E-state index < -0.39 is 36.1 Å². The van der Waals surface area contributed by atoms with Crippen molar-refractivity contribution < 1.29 is 23.8 Å². The summed E-state index contributed by atoms with van der Waals surface area (Å²) < 4.78 is 24.4. The fourth-order valence-corrected chi connectivity index (χ4v) is 2.69. The highest BCUT2D eigenvalue weighted by molar-refractivity contribution is 6.31. The number of aliphatic hydroxyl groups is 1. The van der Waals surface area contributed by atoms with E-state index in [-0.39, 0.29) is 23.8 Å². The summed E-state index contributed by atoms with van der Waals surface area (Å²) in [5.74, 6) is -1.22. The van der Waals surface area contributed by atoms with Crippen molar-refractivity contribution in [3.05, 3.63) is 34.6 Å². The smallest absolute Gasteiger partial charge is 0.254 e. The van der Waals surface area contributed by atoms with Crippen molar-refractivity contribution in [2.24, 2.45) is 0 Å². The molecular formula is C13H13ClFNO4. The molecule has 108 valence electrons. The Morgan fingerprint density at radius 1 is 1.35 bits per heavy atom. The molecule has 2 aliphatic rings. The topological polar surface area (TPSA) is 67.8 Å². The third-order valence-electron chi connectivity index (χ3n) is 3.52. The second-order valence-electron chi connectivity index (χ2n) is 4.87. The minimum atomic E-state index is -0.690. The quantitative estimate of drug-likeness (QED) is 0.845. The van der Waals surface area contributed by atoms with Crippen LogP contribution in [0, 0.1) is 5.82 Å². The van der Waals surface area contributed by atoms with E-state index in [0.29, 0.717) is 0 Å². The van der Waals surface area contributed by atoms with Crippen LogP contribution in [0.5, 0.6) is 0 Å². The van der Waals surface area contributed by atoms with Crippen LogP contribution in [0.3, 0.4) is 0 Å². The number of halogens is 2. The molecular weight excluding hydrogens is 289 g/mol. The highest BCUT2D eigenvalue weighted by Crippen LogP contribution is 2.27. The number of carbonyl (C=O) groups excluding carboxylic acids is 1. The SMILES string of the molecule is O=C(N[C@H]1CO[C@H]2[C@@H]1OC[C@@H]2O)c1cc(Cl)ccc1F. The number of nitrogens with one attached hydrogen (secondary N) is 1. The molecule has 2 saturated heterocycles. The second-order valence-corrected chi connectivity index (χ2v) is 5.30. The van der Waals surface area contributed by atoms with Crippen LogP contribution in [0.15, 0.2) is 18.2 Å². The average Bonchev–Trinajstić information content (AvgIpc) is 2.97. The van der Waals surface area contributed by atoms with Crippen LogP contribution in [-0.2, 0) is 9.47 Å². The molecule has 0 radical (unpaired) electrons. The van der Waals surface area contributed by atoms with E-state index in [2.05, 4.69) is 5.32 Å². The highest BCUT2D eigenvalue weighted by atomic mass is 35.5. The van der Waals surface area contributed by atoms with Gasteiger partial charge in [0.2, 0.25) is 0 Å².